The summed E-state index contributed by atoms with van der Waals surface area (Å²) < 4.78 is 13.3. The van der Waals surface area contributed by atoms with Gasteiger partial charge in [0.25, 0.3) is 0 Å². The summed E-state index contributed by atoms with van der Waals surface area (Å²) in [6.07, 6.45) is 0.388. The number of aliphatic hydroxyl groups excluding tert-OH is 1. The number of hydrogen-bond donors (Lipinski definition) is 2. The van der Waals surface area contributed by atoms with Crippen LogP contribution in [0.2, 0.25) is 5.02 Å². The van der Waals surface area contributed by atoms with Gasteiger partial charge in [0.2, 0.25) is 0 Å². The second-order valence-electron chi connectivity index (χ2n) is 5.09. The molecule has 0 spiro atoms. The third-order valence-electron chi connectivity index (χ3n) is 2.85. The molecule has 4 heteroatoms. The Morgan fingerprint density at radius 1 is 1.33 bits per heavy atom. The Bertz CT molecular complexity index is 384. The Labute approximate surface area is 113 Å². The van der Waals surface area contributed by atoms with Gasteiger partial charge in [-0.2, -0.15) is 0 Å². The number of aliphatic hydroxyl groups is 1. The van der Waals surface area contributed by atoms with Crippen molar-refractivity contribution in [3.8, 4) is 0 Å². The second kappa shape index (κ2) is 7.07. The maximum absolute atomic E-state index is 13.3. The van der Waals surface area contributed by atoms with E-state index < -0.39 is 5.82 Å². The highest BCUT2D eigenvalue weighted by Gasteiger charge is 2.11. The highest BCUT2D eigenvalue weighted by atomic mass is 35.5. The van der Waals surface area contributed by atoms with E-state index in [1.165, 1.54) is 6.07 Å². The van der Waals surface area contributed by atoms with Crippen LogP contribution in [0.15, 0.2) is 18.2 Å². The molecule has 2 N–H and O–H groups in total. The van der Waals surface area contributed by atoms with Crippen LogP contribution in [0, 0.1) is 11.7 Å². The molecule has 0 saturated carbocycles. The summed E-state index contributed by atoms with van der Waals surface area (Å²) in [5.74, 6) is 0.0515. The zero-order valence-electron chi connectivity index (χ0n) is 11.1. The monoisotopic (exact) mass is 273 g/mol. The summed E-state index contributed by atoms with van der Waals surface area (Å²) >= 11 is 5.63. The lowest BCUT2D eigenvalue weighted by Gasteiger charge is -2.18. The first-order valence-corrected chi connectivity index (χ1v) is 6.64. The van der Waals surface area contributed by atoms with Crippen LogP contribution < -0.4 is 5.32 Å². The third kappa shape index (κ3) is 4.92. The third-order valence-corrected chi connectivity index (χ3v) is 3.15. The highest BCUT2D eigenvalue weighted by molar-refractivity contribution is 6.30. The van der Waals surface area contributed by atoms with Gasteiger partial charge in [-0.3, -0.25) is 0 Å². The van der Waals surface area contributed by atoms with Crippen molar-refractivity contribution in [3.63, 3.8) is 0 Å². The molecule has 0 aliphatic carbocycles. The zero-order chi connectivity index (χ0) is 13.7. The van der Waals surface area contributed by atoms with Crippen molar-refractivity contribution in [2.24, 2.45) is 5.92 Å². The molecule has 0 aliphatic rings. The van der Waals surface area contributed by atoms with E-state index in [1.54, 1.807) is 12.1 Å². The molecular weight excluding hydrogens is 253 g/mol. The molecule has 1 aromatic rings. The van der Waals surface area contributed by atoms with Gasteiger partial charge >= 0.3 is 0 Å². The fourth-order valence-electron chi connectivity index (χ4n) is 1.84. The number of benzene rings is 1. The lowest BCUT2D eigenvalue weighted by atomic mass is 10.0. The molecular formula is C14H21ClFNO. The molecule has 0 amide bonds. The summed E-state index contributed by atoms with van der Waals surface area (Å²) in [5.41, 5.74) is 0.827. The molecule has 0 saturated heterocycles. The average Bonchev–Trinajstić information content (AvgIpc) is 2.28. The largest absolute Gasteiger partial charge is 0.392 e. The van der Waals surface area contributed by atoms with Gasteiger partial charge in [-0.15, -0.1) is 0 Å². The minimum atomic E-state index is -0.412. The Hall–Kier alpha value is -0.640. The van der Waals surface area contributed by atoms with Crippen molar-refractivity contribution in [1.82, 2.24) is 5.32 Å². The minimum absolute atomic E-state index is 0.0152. The van der Waals surface area contributed by atoms with Gasteiger partial charge in [-0.25, -0.2) is 4.39 Å². The summed E-state index contributed by atoms with van der Waals surface area (Å²) in [7, 11) is 0. The average molecular weight is 274 g/mol. The van der Waals surface area contributed by atoms with Crippen molar-refractivity contribution in [1.29, 1.82) is 0 Å². The van der Waals surface area contributed by atoms with Gasteiger partial charge in [0, 0.05) is 12.6 Å². The van der Waals surface area contributed by atoms with Gasteiger partial charge in [-0.1, -0.05) is 31.5 Å². The molecule has 1 rings (SSSR count). The maximum Gasteiger partial charge on any atom is 0.142 e. The molecule has 0 bridgehead atoms. The first kappa shape index (κ1) is 15.4. The van der Waals surface area contributed by atoms with Crippen LogP contribution in [0.3, 0.4) is 0 Å². The summed E-state index contributed by atoms with van der Waals surface area (Å²) in [6, 6.07) is 4.75. The van der Waals surface area contributed by atoms with Crippen LogP contribution in [0.5, 0.6) is 0 Å². The van der Waals surface area contributed by atoms with Crippen molar-refractivity contribution >= 4 is 11.6 Å². The topological polar surface area (TPSA) is 32.3 Å². The molecule has 2 nitrogen and oxygen atoms in total. The minimum Gasteiger partial charge on any atom is -0.392 e. The van der Waals surface area contributed by atoms with Gasteiger partial charge < -0.3 is 10.4 Å². The van der Waals surface area contributed by atoms with Crippen LogP contribution in [0.4, 0.5) is 4.39 Å². The van der Waals surface area contributed by atoms with Crippen LogP contribution in [0.1, 0.15) is 38.8 Å². The Balaban J connectivity index is 2.49. The van der Waals surface area contributed by atoms with Crippen molar-refractivity contribution in [2.45, 2.75) is 39.3 Å². The van der Waals surface area contributed by atoms with Crippen LogP contribution in [-0.4, -0.2) is 17.8 Å². The number of halogens is 2. The highest BCUT2D eigenvalue weighted by Crippen LogP contribution is 2.20. The van der Waals surface area contributed by atoms with Crippen LogP contribution in [-0.2, 0) is 0 Å². The fourth-order valence-corrected chi connectivity index (χ4v) is 1.96. The molecule has 1 aromatic carbocycles. The summed E-state index contributed by atoms with van der Waals surface area (Å²) in [5, 5.41) is 13.1. The van der Waals surface area contributed by atoms with Gasteiger partial charge in [0.15, 0.2) is 0 Å². The first-order chi connectivity index (χ1) is 8.40. The number of hydrogen-bond acceptors (Lipinski definition) is 2. The quantitative estimate of drug-likeness (QED) is 0.831. The van der Waals surface area contributed by atoms with Gasteiger partial charge in [0.1, 0.15) is 5.82 Å². The van der Waals surface area contributed by atoms with Gasteiger partial charge in [-0.05, 0) is 37.0 Å². The molecule has 18 heavy (non-hydrogen) atoms. The SMILES string of the molecule is CC(C)CC(O)CNC(C)c1ccc(Cl)c(F)c1. The van der Waals surface area contributed by atoms with E-state index >= 15 is 0 Å². The lowest BCUT2D eigenvalue weighted by Crippen LogP contribution is -2.30. The predicted molar refractivity (Wildman–Crippen MR) is 73.3 cm³/mol. The van der Waals surface area contributed by atoms with Crippen molar-refractivity contribution < 1.29 is 9.50 Å². The molecule has 0 heterocycles. The number of nitrogens with one attached hydrogen (secondary N) is 1. The van der Waals surface area contributed by atoms with E-state index in [4.69, 9.17) is 11.6 Å². The van der Waals surface area contributed by atoms with Crippen LogP contribution in [0.25, 0.3) is 0 Å². The number of rotatable bonds is 6. The maximum atomic E-state index is 13.3. The standard InChI is InChI=1S/C14H21ClFNO/c1-9(2)6-12(18)8-17-10(3)11-4-5-13(15)14(16)7-11/h4-5,7,9-10,12,17-18H,6,8H2,1-3H3. The molecule has 0 fully saturated rings. The lowest BCUT2D eigenvalue weighted by molar-refractivity contribution is 0.143. The molecule has 102 valence electrons. The van der Waals surface area contributed by atoms with E-state index in [1.807, 2.05) is 6.92 Å². The Morgan fingerprint density at radius 3 is 2.56 bits per heavy atom. The molecule has 0 aromatic heterocycles. The normalized spacial score (nSPS) is 14.8. The second-order valence-corrected chi connectivity index (χ2v) is 5.49. The predicted octanol–water partition coefficient (Wildman–Crippen LogP) is 3.54. The van der Waals surface area contributed by atoms with E-state index in [-0.39, 0.29) is 17.2 Å². The first-order valence-electron chi connectivity index (χ1n) is 6.26. The van der Waals surface area contributed by atoms with E-state index in [2.05, 4.69) is 19.2 Å². The smallest absolute Gasteiger partial charge is 0.142 e. The van der Waals surface area contributed by atoms with E-state index in [0.717, 1.165) is 12.0 Å². The van der Waals surface area contributed by atoms with Crippen LogP contribution >= 0.6 is 11.6 Å². The molecule has 0 radical (unpaired) electrons. The van der Waals surface area contributed by atoms with Gasteiger partial charge in [0.05, 0.1) is 11.1 Å². The molecule has 2 atom stereocenters. The van der Waals surface area contributed by atoms with E-state index in [9.17, 15) is 9.50 Å². The Kier molecular flexibility index (Phi) is 6.06. The fraction of sp³-hybridized carbons (Fsp3) is 0.571. The van der Waals surface area contributed by atoms with E-state index in [0.29, 0.717) is 12.5 Å². The van der Waals surface area contributed by atoms with Crippen molar-refractivity contribution in [3.05, 3.63) is 34.6 Å². The zero-order valence-corrected chi connectivity index (χ0v) is 11.8. The Morgan fingerprint density at radius 2 is 2.00 bits per heavy atom. The summed E-state index contributed by atoms with van der Waals surface area (Å²) in [6.45, 7) is 6.58. The molecule has 0 aliphatic heterocycles. The van der Waals surface area contributed by atoms with Crippen molar-refractivity contribution in [2.75, 3.05) is 6.54 Å². The summed E-state index contributed by atoms with van der Waals surface area (Å²) in [4.78, 5) is 0. The molecule has 2 unspecified atom stereocenters.